The Morgan fingerprint density at radius 3 is 2.38 bits per heavy atom. The first-order chi connectivity index (χ1) is 14.5. The van der Waals surface area contributed by atoms with Crippen LogP contribution in [-0.4, -0.2) is 31.9 Å². The number of anilines is 1. The van der Waals surface area contributed by atoms with Gasteiger partial charge in [0.15, 0.2) is 15.6 Å². The van der Waals surface area contributed by atoms with Crippen molar-refractivity contribution < 1.29 is 18.0 Å². The number of nitrogens with two attached hydrogens (primary N) is 1. The van der Waals surface area contributed by atoms with Crippen molar-refractivity contribution >= 4 is 51.2 Å². The molecular weight excluding hydrogens is 471 g/mol. The number of fused-ring (bicyclic) bond motifs is 1. The summed E-state index contributed by atoms with van der Waals surface area (Å²) in [6, 6.07) is 10.2. The molecule has 0 bridgehead atoms. The molecule has 32 heavy (non-hydrogen) atoms. The number of nitrogens with zero attached hydrogens (tertiary/aromatic N) is 1. The normalized spacial score (nSPS) is 18.5. The zero-order chi connectivity index (χ0) is 22.9. The number of amides is 1. The lowest BCUT2D eigenvalue weighted by molar-refractivity contribution is -0.119. The molecule has 9 heteroatoms. The zero-order valence-corrected chi connectivity index (χ0v) is 20.6. The molecule has 3 rings (SSSR count). The van der Waals surface area contributed by atoms with Crippen LogP contribution in [0.5, 0.6) is 0 Å². The molecule has 6 nitrogen and oxygen atoms in total. The molecule has 0 saturated carbocycles. The lowest BCUT2D eigenvalue weighted by Gasteiger charge is -2.25. The van der Waals surface area contributed by atoms with Crippen LogP contribution < -0.4 is 10.6 Å². The van der Waals surface area contributed by atoms with Crippen LogP contribution in [0.1, 0.15) is 43.1 Å². The van der Waals surface area contributed by atoms with Crippen molar-refractivity contribution in [3.05, 3.63) is 58.6 Å². The van der Waals surface area contributed by atoms with Crippen LogP contribution >= 0.6 is 24.0 Å². The van der Waals surface area contributed by atoms with Gasteiger partial charge in [0.25, 0.3) is 0 Å². The van der Waals surface area contributed by atoms with Gasteiger partial charge in [0, 0.05) is 17.0 Å². The first kappa shape index (κ1) is 26.3. The number of benzene rings is 2. The summed E-state index contributed by atoms with van der Waals surface area (Å²) in [5.74, 6) is -0.555. The minimum absolute atomic E-state index is 0. The van der Waals surface area contributed by atoms with Crippen molar-refractivity contribution in [2.45, 2.75) is 44.7 Å². The Kier molecular flexibility index (Phi) is 8.50. The van der Waals surface area contributed by atoms with E-state index >= 15 is 0 Å². The third-order valence-electron chi connectivity index (χ3n) is 5.79. The fourth-order valence-electron chi connectivity index (χ4n) is 3.46. The van der Waals surface area contributed by atoms with Crippen LogP contribution in [0.25, 0.3) is 0 Å². The van der Waals surface area contributed by atoms with E-state index < -0.39 is 27.5 Å². The van der Waals surface area contributed by atoms with Gasteiger partial charge in [0.2, 0.25) is 5.91 Å². The average molecular weight is 499 g/mol. The molecule has 0 aromatic heterocycles. The molecule has 1 aliphatic heterocycles. The smallest absolute Gasteiger partial charge is 0.245 e. The average Bonchev–Trinajstić information content (AvgIpc) is 2.77. The summed E-state index contributed by atoms with van der Waals surface area (Å²) in [7, 11) is -3.79. The van der Waals surface area contributed by atoms with Crippen molar-refractivity contribution in [3.8, 4) is 0 Å². The number of carbonyl (C=O) groups is 2. The van der Waals surface area contributed by atoms with E-state index in [0.29, 0.717) is 22.9 Å². The van der Waals surface area contributed by atoms with E-state index in [1.807, 2.05) is 6.92 Å². The molecular formula is C23H28Cl2N2O4S. The minimum Gasteiger partial charge on any atom is -0.319 e. The molecule has 2 N–H and O–H groups in total. The number of hydrogen-bond acceptors (Lipinski definition) is 5. The molecule has 1 heterocycles. The Bertz CT molecular complexity index is 1100. The Hall–Kier alpha value is -1.93. The van der Waals surface area contributed by atoms with Crippen LogP contribution in [-0.2, 0) is 21.2 Å². The third kappa shape index (κ3) is 5.70. The molecule has 0 fully saturated rings. The molecule has 174 valence electrons. The second-order valence-electron chi connectivity index (χ2n) is 8.47. The van der Waals surface area contributed by atoms with Gasteiger partial charge in [-0.1, -0.05) is 44.5 Å². The number of hydrogen-bond donors (Lipinski definition) is 1. The Balaban J connectivity index is 0.00000363. The highest BCUT2D eigenvalue weighted by atomic mass is 35.5. The monoisotopic (exact) mass is 498 g/mol. The largest absolute Gasteiger partial charge is 0.319 e. The third-order valence-corrected chi connectivity index (χ3v) is 7.85. The van der Waals surface area contributed by atoms with Crippen LogP contribution in [0.2, 0.25) is 5.02 Å². The van der Waals surface area contributed by atoms with E-state index in [2.05, 4.69) is 13.8 Å². The number of rotatable bonds is 6. The van der Waals surface area contributed by atoms with E-state index in [-0.39, 0.29) is 41.2 Å². The summed E-state index contributed by atoms with van der Waals surface area (Å²) in [6.07, 6.45) is 0.341. The first-order valence-corrected chi connectivity index (χ1v) is 12.2. The quantitative estimate of drug-likeness (QED) is 0.599. The standard InChI is InChI=1S/C23H27ClN2O4S.ClH/c1-14(2)15(3)10-21(27)17-6-9-22-20(11-17)26(12-16-4-7-18(24)8-5-16)23(28)19(25)13-31(22,29)30;/h4-9,11,14-15,19H,10,12-13,25H2,1-3H3;1H/t15?,19-;/m0./s1. The van der Waals surface area contributed by atoms with Gasteiger partial charge in [-0.15, -0.1) is 12.4 Å². The van der Waals surface area contributed by atoms with Crippen molar-refractivity contribution in [2.75, 3.05) is 10.7 Å². The van der Waals surface area contributed by atoms with Crippen LogP contribution in [0, 0.1) is 11.8 Å². The van der Waals surface area contributed by atoms with Gasteiger partial charge in [-0.2, -0.15) is 0 Å². The van der Waals surface area contributed by atoms with Gasteiger partial charge in [0.05, 0.1) is 28.9 Å². The van der Waals surface area contributed by atoms with Crippen molar-refractivity contribution in [1.29, 1.82) is 0 Å². The first-order valence-electron chi connectivity index (χ1n) is 10.2. The van der Waals surface area contributed by atoms with Crippen LogP contribution in [0.15, 0.2) is 47.4 Å². The van der Waals surface area contributed by atoms with Gasteiger partial charge in [-0.05, 0) is 47.7 Å². The summed E-state index contributed by atoms with van der Waals surface area (Å²) in [5, 5.41) is 0.553. The zero-order valence-electron chi connectivity index (χ0n) is 18.2. The van der Waals surface area contributed by atoms with Crippen LogP contribution in [0.4, 0.5) is 5.69 Å². The topological polar surface area (TPSA) is 97.5 Å². The summed E-state index contributed by atoms with van der Waals surface area (Å²) in [6.45, 7) is 6.23. The van der Waals surface area contributed by atoms with Gasteiger partial charge >= 0.3 is 0 Å². The molecule has 0 radical (unpaired) electrons. The molecule has 2 aromatic rings. The lowest BCUT2D eigenvalue weighted by atomic mass is 9.90. The number of ketones is 1. The Labute approximate surface area is 200 Å². The van der Waals surface area contributed by atoms with E-state index in [0.717, 1.165) is 5.56 Å². The van der Waals surface area contributed by atoms with Crippen molar-refractivity contribution in [1.82, 2.24) is 0 Å². The predicted molar refractivity (Wildman–Crippen MR) is 129 cm³/mol. The summed E-state index contributed by atoms with van der Waals surface area (Å²) < 4.78 is 25.8. The fourth-order valence-corrected chi connectivity index (χ4v) is 5.15. The maximum atomic E-state index is 13.0. The highest BCUT2D eigenvalue weighted by Gasteiger charge is 2.36. The van der Waals surface area contributed by atoms with E-state index in [1.165, 1.54) is 23.1 Å². The molecule has 0 spiro atoms. The van der Waals surface area contributed by atoms with E-state index in [9.17, 15) is 18.0 Å². The number of Topliss-reactive ketones (excluding diaryl/α,β-unsaturated/α-hetero) is 1. The van der Waals surface area contributed by atoms with E-state index in [1.54, 1.807) is 24.3 Å². The molecule has 1 aliphatic rings. The second-order valence-corrected chi connectivity index (χ2v) is 10.9. The molecule has 2 aromatic carbocycles. The SMILES string of the molecule is CC(C)C(C)CC(=O)c1ccc2c(c1)N(Cc1ccc(Cl)cc1)C(=O)[C@@H](N)CS2(=O)=O.Cl. The lowest BCUT2D eigenvalue weighted by Crippen LogP contribution is -2.45. The Morgan fingerprint density at radius 1 is 1.16 bits per heavy atom. The maximum absolute atomic E-state index is 13.0. The highest BCUT2D eigenvalue weighted by Crippen LogP contribution is 2.33. The minimum atomic E-state index is -3.79. The van der Waals surface area contributed by atoms with Gasteiger partial charge in [0.1, 0.15) is 0 Å². The number of carbonyl (C=O) groups excluding carboxylic acids is 2. The highest BCUT2D eigenvalue weighted by molar-refractivity contribution is 7.91. The van der Waals surface area contributed by atoms with Crippen molar-refractivity contribution in [3.63, 3.8) is 0 Å². The van der Waals surface area contributed by atoms with Crippen molar-refractivity contribution in [2.24, 2.45) is 17.6 Å². The molecule has 0 saturated heterocycles. The molecule has 1 amide bonds. The summed E-state index contributed by atoms with van der Waals surface area (Å²) in [4.78, 5) is 27.3. The molecule has 1 unspecified atom stereocenters. The second kappa shape index (κ2) is 10.3. The van der Waals surface area contributed by atoms with Crippen LogP contribution in [0.3, 0.4) is 0 Å². The van der Waals surface area contributed by atoms with Gasteiger partial charge in [-0.3, -0.25) is 9.59 Å². The summed E-state index contributed by atoms with van der Waals surface area (Å²) in [5.41, 5.74) is 7.28. The predicted octanol–water partition coefficient (Wildman–Crippen LogP) is 4.27. The van der Waals surface area contributed by atoms with Gasteiger partial charge < -0.3 is 10.6 Å². The molecule has 0 aliphatic carbocycles. The maximum Gasteiger partial charge on any atom is 0.245 e. The van der Waals surface area contributed by atoms with Gasteiger partial charge in [-0.25, -0.2) is 8.42 Å². The number of sulfone groups is 1. The van der Waals surface area contributed by atoms with E-state index in [4.69, 9.17) is 17.3 Å². The fraction of sp³-hybridized carbons (Fsp3) is 0.391. The molecule has 2 atom stereocenters. The number of halogens is 2. The Morgan fingerprint density at radius 2 is 1.78 bits per heavy atom. The summed E-state index contributed by atoms with van der Waals surface area (Å²) >= 11 is 5.95.